The van der Waals surface area contributed by atoms with Gasteiger partial charge in [-0.25, -0.2) is 0 Å². The van der Waals surface area contributed by atoms with Crippen LogP contribution in [0.5, 0.6) is 0 Å². The van der Waals surface area contributed by atoms with Crippen LogP contribution in [0.3, 0.4) is 0 Å². The number of aromatic nitrogens is 2. The fraction of sp³-hybridized carbons (Fsp3) is 0.429. The Kier molecular flexibility index (Phi) is 3.03. The maximum Gasteiger partial charge on any atom is 0.165 e. The summed E-state index contributed by atoms with van der Waals surface area (Å²) < 4.78 is 11.2. The highest BCUT2D eigenvalue weighted by atomic mass is 32.2. The van der Waals surface area contributed by atoms with Crippen molar-refractivity contribution in [2.45, 2.75) is 11.8 Å². The smallest absolute Gasteiger partial charge is 0.165 e. The van der Waals surface area contributed by atoms with E-state index < -0.39 is 10.8 Å². The highest BCUT2D eigenvalue weighted by Gasteiger charge is 2.15. The molecule has 1 heterocycles. The molecule has 0 saturated heterocycles. The summed E-state index contributed by atoms with van der Waals surface area (Å²) in [6, 6.07) is 1.90. The Morgan fingerprint density at radius 3 is 2.92 bits per heavy atom. The first-order valence-electron chi connectivity index (χ1n) is 3.76. The number of H-pyrrole nitrogens is 1. The maximum absolute atomic E-state index is 11.2. The molecule has 6 heteroatoms. The van der Waals surface area contributed by atoms with Crippen molar-refractivity contribution in [1.82, 2.24) is 10.2 Å². The number of rotatable bonds is 3. The molecular formula is C7H10N4OS. The van der Waals surface area contributed by atoms with Crippen LogP contribution in [-0.2, 0) is 10.8 Å². The third-order valence-corrected chi connectivity index (χ3v) is 2.44. The molecule has 1 unspecified atom stereocenters. The number of nitrogens with one attached hydrogen (secondary N) is 2. The second kappa shape index (κ2) is 4.05. The highest BCUT2D eigenvalue weighted by molar-refractivity contribution is 7.84. The molecule has 0 radical (unpaired) electrons. The lowest BCUT2D eigenvalue weighted by molar-refractivity contribution is 0.687. The Bertz CT molecular complexity index is 365. The van der Waals surface area contributed by atoms with E-state index in [-0.39, 0.29) is 5.69 Å². The molecule has 2 N–H and O–H groups in total. The van der Waals surface area contributed by atoms with Gasteiger partial charge in [0.25, 0.3) is 0 Å². The van der Waals surface area contributed by atoms with Gasteiger partial charge in [-0.15, -0.1) is 0 Å². The molecule has 5 nitrogen and oxygen atoms in total. The van der Waals surface area contributed by atoms with Gasteiger partial charge in [0.2, 0.25) is 0 Å². The Morgan fingerprint density at radius 2 is 2.46 bits per heavy atom. The fourth-order valence-electron chi connectivity index (χ4n) is 0.975. The summed E-state index contributed by atoms with van der Waals surface area (Å²) in [6.07, 6.45) is 1.52. The van der Waals surface area contributed by atoms with Crippen molar-refractivity contribution in [2.24, 2.45) is 0 Å². The monoisotopic (exact) mass is 198 g/mol. The number of nitrogens with zero attached hydrogens (tertiary/aromatic N) is 2. The van der Waals surface area contributed by atoms with Crippen LogP contribution in [-0.4, -0.2) is 27.2 Å². The minimum absolute atomic E-state index is 0.261. The number of hydrogen-bond donors (Lipinski definition) is 2. The molecule has 1 aromatic heterocycles. The third kappa shape index (κ3) is 1.87. The maximum atomic E-state index is 11.2. The fourth-order valence-corrected chi connectivity index (χ4v) is 1.74. The first-order chi connectivity index (χ1) is 6.20. The molecule has 1 rings (SSSR count). The van der Waals surface area contributed by atoms with E-state index in [1.165, 1.54) is 6.26 Å². The van der Waals surface area contributed by atoms with Crippen LogP contribution in [0.1, 0.15) is 12.6 Å². The van der Waals surface area contributed by atoms with E-state index in [2.05, 4.69) is 15.5 Å². The topological polar surface area (TPSA) is 81.6 Å². The predicted octanol–water partition coefficient (Wildman–Crippen LogP) is 0.451. The van der Waals surface area contributed by atoms with Gasteiger partial charge in [0.15, 0.2) is 11.5 Å². The molecule has 0 aliphatic carbocycles. The van der Waals surface area contributed by atoms with Crippen LogP contribution in [0, 0.1) is 11.3 Å². The lowest BCUT2D eigenvalue weighted by Crippen LogP contribution is -2.01. The summed E-state index contributed by atoms with van der Waals surface area (Å²) in [5.41, 5.74) is 0.261. The lowest BCUT2D eigenvalue weighted by Gasteiger charge is -1.99. The standard InChI is InChI=1S/C7H10N4OS/c1-3-9-7-6(13(2)12)5(4-8)10-11-7/h3H2,1-2H3,(H2,9,10,11). The van der Waals surface area contributed by atoms with Crippen molar-refractivity contribution in [3.05, 3.63) is 5.69 Å². The molecule has 0 aliphatic heterocycles. The first kappa shape index (κ1) is 9.74. The molecule has 70 valence electrons. The van der Waals surface area contributed by atoms with E-state index in [1.807, 2.05) is 13.0 Å². The van der Waals surface area contributed by atoms with Crippen molar-refractivity contribution in [3.8, 4) is 6.07 Å². The Hall–Kier alpha value is -1.35. The van der Waals surface area contributed by atoms with Crippen LogP contribution in [0.4, 0.5) is 5.82 Å². The predicted molar refractivity (Wildman–Crippen MR) is 49.8 cm³/mol. The van der Waals surface area contributed by atoms with Gasteiger partial charge in [0.1, 0.15) is 11.0 Å². The van der Waals surface area contributed by atoms with Crippen LogP contribution in [0.15, 0.2) is 4.90 Å². The zero-order valence-electron chi connectivity index (χ0n) is 7.42. The van der Waals surface area contributed by atoms with E-state index in [0.717, 1.165) is 0 Å². The van der Waals surface area contributed by atoms with Crippen molar-refractivity contribution >= 4 is 16.6 Å². The van der Waals surface area contributed by atoms with Crippen LogP contribution >= 0.6 is 0 Å². The molecule has 1 atom stereocenters. The minimum Gasteiger partial charge on any atom is -0.368 e. The molecule has 0 fully saturated rings. The summed E-state index contributed by atoms with van der Waals surface area (Å²) in [5.74, 6) is 0.500. The zero-order valence-corrected chi connectivity index (χ0v) is 8.23. The molecule has 13 heavy (non-hydrogen) atoms. The zero-order chi connectivity index (χ0) is 9.84. The largest absolute Gasteiger partial charge is 0.368 e. The average molecular weight is 198 g/mol. The molecule has 0 amide bonds. The van der Waals surface area contributed by atoms with Gasteiger partial charge >= 0.3 is 0 Å². The Balaban J connectivity index is 3.16. The summed E-state index contributed by atoms with van der Waals surface area (Å²) in [7, 11) is -1.20. The minimum atomic E-state index is -1.20. The van der Waals surface area contributed by atoms with Crippen LogP contribution in [0.25, 0.3) is 0 Å². The molecule has 0 bridgehead atoms. The van der Waals surface area contributed by atoms with Gasteiger partial charge < -0.3 is 5.32 Å². The van der Waals surface area contributed by atoms with E-state index in [0.29, 0.717) is 17.3 Å². The SMILES string of the molecule is CCNc1n[nH]c(C#N)c1S(C)=O. The first-order valence-corrected chi connectivity index (χ1v) is 5.32. The number of nitriles is 1. The molecule has 0 aliphatic rings. The average Bonchev–Trinajstić information content (AvgIpc) is 2.48. The van der Waals surface area contributed by atoms with Gasteiger partial charge in [-0.2, -0.15) is 10.4 Å². The highest BCUT2D eigenvalue weighted by Crippen LogP contribution is 2.18. The van der Waals surface area contributed by atoms with Gasteiger partial charge in [-0.1, -0.05) is 0 Å². The molecule has 0 saturated carbocycles. The van der Waals surface area contributed by atoms with Crippen molar-refractivity contribution < 1.29 is 4.21 Å². The number of hydrogen-bond acceptors (Lipinski definition) is 4. The summed E-state index contributed by atoms with van der Waals surface area (Å²) in [5, 5.41) is 18.0. The van der Waals surface area contributed by atoms with E-state index in [9.17, 15) is 4.21 Å². The molecule has 0 spiro atoms. The van der Waals surface area contributed by atoms with Gasteiger partial charge in [0, 0.05) is 12.8 Å². The van der Waals surface area contributed by atoms with Gasteiger partial charge in [-0.05, 0) is 6.92 Å². The van der Waals surface area contributed by atoms with Gasteiger partial charge in [0.05, 0.1) is 10.8 Å². The van der Waals surface area contributed by atoms with E-state index in [4.69, 9.17) is 5.26 Å². The molecular weight excluding hydrogens is 188 g/mol. The van der Waals surface area contributed by atoms with Gasteiger partial charge in [-0.3, -0.25) is 9.31 Å². The van der Waals surface area contributed by atoms with Crippen molar-refractivity contribution in [1.29, 1.82) is 5.26 Å². The second-order valence-electron chi connectivity index (χ2n) is 2.37. The molecule has 1 aromatic rings. The summed E-state index contributed by atoms with van der Waals surface area (Å²) in [4.78, 5) is 0.448. The summed E-state index contributed by atoms with van der Waals surface area (Å²) in [6.45, 7) is 2.59. The Morgan fingerprint density at radius 1 is 1.77 bits per heavy atom. The van der Waals surface area contributed by atoms with E-state index in [1.54, 1.807) is 0 Å². The lowest BCUT2D eigenvalue weighted by atomic mass is 10.4. The van der Waals surface area contributed by atoms with Crippen LogP contribution < -0.4 is 5.32 Å². The second-order valence-corrected chi connectivity index (χ2v) is 3.69. The van der Waals surface area contributed by atoms with Crippen molar-refractivity contribution in [3.63, 3.8) is 0 Å². The molecule has 0 aromatic carbocycles. The van der Waals surface area contributed by atoms with Crippen molar-refractivity contribution in [2.75, 3.05) is 18.1 Å². The summed E-state index contributed by atoms with van der Waals surface area (Å²) >= 11 is 0. The number of anilines is 1. The van der Waals surface area contributed by atoms with E-state index >= 15 is 0 Å². The normalized spacial score (nSPS) is 12.1. The third-order valence-electron chi connectivity index (χ3n) is 1.47. The quantitative estimate of drug-likeness (QED) is 0.738. The number of aromatic amines is 1. The van der Waals surface area contributed by atoms with Crippen LogP contribution in [0.2, 0.25) is 0 Å². The Labute approximate surface area is 78.6 Å².